The van der Waals surface area contributed by atoms with Crippen molar-refractivity contribution in [3.05, 3.63) is 24.4 Å². The highest BCUT2D eigenvalue weighted by atomic mass is 16.5. The van der Waals surface area contributed by atoms with Crippen LogP contribution in [-0.2, 0) is 4.74 Å². The molecule has 0 saturated heterocycles. The molecular formula is C14H24N2O. The van der Waals surface area contributed by atoms with E-state index in [-0.39, 0.29) is 6.23 Å². The van der Waals surface area contributed by atoms with Crippen LogP contribution >= 0.6 is 0 Å². The number of hydrogen-bond acceptors (Lipinski definition) is 3. The SMILES string of the molecule is CN1C=CC=CC1OCC1CCC(CN)CC1. The Balaban J connectivity index is 1.69. The van der Waals surface area contributed by atoms with Crippen molar-refractivity contribution in [2.24, 2.45) is 17.6 Å². The van der Waals surface area contributed by atoms with Crippen molar-refractivity contribution < 1.29 is 4.74 Å². The van der Waals surface area contributed by atoms with Crippen LogP contribution in [0.3, 0.4) is 0 Å². The van der Waals surface area contributed by atoms with Crippen molar-refractivity contribution in [1.82, 2.24) is 4.90 Å². The van der Waals surface area contributed by atoms with Crippen molar-refractivity contribution in [2.45, 2.75) is 31.9 Å². The van der Waals surface area contributed by atoms with Gasteiger partial charge in [-0.15, -0.1) is 0 Å². The average Bonchev–Trinajstić information content (AvgIpc) is 2.38. The van der Waals surface area contributed by atoms with E-state index >= 15 is 0 Å². The quantitative estimate of drug-likeness (QED) is 0.812. The maximum atomic E-state index is 5.96. The van der Waals surface area contributed by atoms with E-state index in [2.05, 4.69) is 30.3 Å². The molecule has 1 aliphatic heterocycles. The zero-order valence-corrected chi connectivity index (χ0v) is 10.7. The third kappa shape index (κ3) is 3.58. The molecule has 96 valence electrons. The van der Waals surface area contributed by atoms with Crippen LogP contribution in [0.1, 0.15) is 25.7 Å². The fourth-order valence-electron chi connectivity index (χ4n) is 2.61. The summed E-state index contributed by atoms with van der Waals surface area (Å²) in [6, 6.07) is 0. The minimum atomic E-state index is 0.118. The minimum Gasteiger partial charge on any atom is -0.354 e. The van der Waals surface area contributed by atoms with Crippen LogP contribution in [0.2, 0.25) is 0 Å². The number of ether oxygens (including phenoxy) is 1. The Labute approximate surface area is 104 Å². The molecule has 2 aliphatic rings. The van der Waals surface area contributed by atoms with Gasteiger partial charge >= 0.3 is 0 Å². The Morgan fingerprint density at radius 2 is 1.88 bits per heavy atom. The summed E-state index contributed by atoms with van der Waals surface area (Å²) in [5, 5.41) is 0. The molecule has 1 unspecified atom stereocenters. The Morgan fingerprint density at radius 3 is 2.53 bits per heavy atom. The maximum Gasteiger partial charge on any atom is 0.149 e. The largest absolute Gasteiger partial charge is 0.354 e. The molecule has 2 N–H and O–H groups in total. The summed E-state index contributed by atoms with van der Waals surface area (Å²) in [5.41, 5.74) is 5.70. The Bertz CT molecular complexity index is 280. The second-order valence-corrected chi connectivity index (χ2v) is 5.24. The lowest BCUT2D eigenvalue weighted by Gasteiger charge is -2.31. The first-order chi connectivity index (χ1) is 8.29. The summed E-state index contributed by atoms with van der Waals surface area (Å²) < 4.78 is 5.96. The lowest BCUT2D eigenvalue weighted by molar-refractivity contribution is -0.0195. The van der Waals surface area contributed by atoms with E-state index in [9.17, 15) is 0 Å². The molecule has 0 aromatic rings. The van der Waals surface area contributed by atoms with Crippen molar-refractivity contribution in [2.75, 3.05) is 20.2 Å². The van der Waals surface area contributed by atoms with E-state index in [0.717, 1.165) is 25.0 Å². The maximum absolute atomic E-state index is 5.96. The highest BCUT2D eigenvalue weighted by molar-refractivity contribution is 5.10. The van der Waals surface area contributed by atoms with E-state index < -0.39 is 0 Å². The number of hydrogen-bond donors (Lipinski definition) is 1. The van der Waals surface area contributed by atoms with Gasteiger partial charge < -0.3 is 15.4 Å². The van der Waals surface area contributed by atoms with E-state index in [1.165, 1.54) is 25.7 Å². The number of nitrogens with two attached hydrogens (primary N) is 1. The molecule has 1 heterocycles. The van der Waals surface area contributed by atoms with Crippen LogP contribution in [-0.4, -0.2) is 31.3 Å². The molecule has 1 atom stereocenters. The van der Waals surface area contributed by atoms with E-state index in [1.54, 1.807) is 0 Å². The summed E-state index contributed by atoms with van der Waals surface area (Å²) in [7, 11) is 2.05. The lowest BCUT2D eigenvalue weighted by Crippen LogP contribution is -2.32. The Kier molecular flexibility index (Phi) is 4.63. The number of nitrogens with zero attached hydrogens (tertiary/aromatic N) is 1. The van der Waals surface area contributed by atoms with E-state index in [1.807, 2.05) is 6.08 Å². The molecule has 1 aliphatic carbocycles. The highest BCUT2D eigenvalue weighted by Crippen LogP contribution is 2.28. The van der Waals surface area contributed by atoms with Gasteiger partial charge in [-0.05, 0) is 56.2 Å². The molecule has 0 bridgehead atoms. The lowest BCUT2D eigenvalue weighted by atomic mass is 9.82. The van der Waals surface area contributed by atoms with Gasteiger partial charge in [-0.1, -0.05) is 6.08 Å². The highest BCUT2D eigenvalue weighted by Gasteiger charge is 2.21. The molecule has 0 amide bonds. The van der Waals surface area contributed by atoms with Crippen molar-refractivity contribution >= 4 is 0 Å². The van der Waals surface area contributed by atoms with Crippen molar-refractivity contribution in [3.8, 4) is 0 Å². The molecule has 3 heteroatoms. The van der Waals surface area contributed by atoms with Crippen LogP contribution in [0, 0.1) is 11.8 Å². The monoisotopic (exact) mass is 236 g/mol. The van der Waals surface area contributed by atoms with Crippen LogP contribution in [0.4, 0.5) is 0 Å². The van der Waals surface area contributed by atoms with Gasteiger partial charge in [0.25, 0.3) is 0 Å². The molecule has 0 aromatic carbocycles. The molecule has 17 heavy (non-hydrogen) atoms. The topological polar surface area (TPSA) is 38.5 Å². The van der Waals surface area contributed by atoms with Gasteiger partial charge in [0.05, 0.1) is 6.61 Å². The van der Waals surface area contributed by atoms with Gasteiger partial charge in [-0.3, -0.25) is 0 Å². The summed E-state index contributed by atoms with van der Waals surface area (Å²) in [6.45, 7) is 1.73. The fraction of sp³-hybridized carbons (Fsp3) is 0.714. The third-order valence-electron chi connectivity index (χ3n) is 3.91. The third-order valence-corrected chi connectivity index (χ3v) is 3.91. The molecule has 3 nitrogen and oxygen atoms in total. The van der Waals surface area contributed by atoms with Crippen molar-refractivity contribution in [1.29, 1.82) is 0 Å². The standard InChI is InChI=1S/C14H24N2O/c1-16-9-3-2-4-14(16)17-11-13-7-5-12(10-15)6-8-13/h2-4,9,12-14H,5-8,10-11,15H2,1H3. The van der Waals surface area contributed by atoms with Gasteiger partial charge in [-0.25, -0.2) is 0 Å². The van der Waals surface area contributed by atoms with Gasteiger partial charge in [0.15, 0.2) is 0 Å². The van der Waals surface area contributed by atoms with Gasteiger partial charge in [0, 0.05) is 13.2 Å². The number of allylic oxidation sites excluding steroid dienone is 2. The summed E-state index contributed by atoms with van der Waals surface area (Å²) in [4.78, 5) is 2.10. The first kappa shape index (κ1) is 12.7. The van der Waals surface area contributed by atoms with Crippen LogP contribution in [0.15, 0.2) is 24.4 Å². The molecular weight excluding hydrogens is 212 g/mol. The average molecular weight is 236 g/mol. The van der Waals surface area contributed by atoms with Crippen molar-refractivity contribution in [3.63, 3.8) is 0 Å². The number of likely N-dealkylation sites (N-methyl/N-ethyl adjacent to an activating group) is 1. The van der Waals surface area contributed by atoms with Gasteiger partial charge in [0.1, 0.15) is 6.23 Å². The zero-order valence-electron chi connectivity index (χ0n) is 10.7. The van der Waals surface area contributed by atoms with E-state index in [4.69, 9.17) is 10.5 Å². The van der Waals surface area contributed by atoms with E-state index in [0.29, 0.717) is 0 Å². The molecule has 0 spiro atoms. The predicted octanol–water partition coefficient (Wildman–Crippen LogP) is 2.11. The number of rotatable bonds is 4. The second-order valence-electron chi connectivity index (χ2n) is 5.24. The van der Waals surface area contributed by atoms with Gasteiger partial charge in [0.2, 0.25) is 0 Å². The Hall–Kier alpha value is -0.800. The van der Waals surface area contributed by atoms with Crippen LogP contribution in [0.5, 0.6) is 0 Å². The Morgan fingerprint density at radius 1 is 1.18 bits per heavy atom. The normalized spacial score (nSPS) is 33.1. The molecule has 1 saturated carbocycles. The first-order valence-electron chi connectivity index (χ1n) is 6.68. The fourth-order valence-corrected chi connectivity index (χ4v) is 2.61. The molecule has 1 fully saturated rings. The predicted molar refractivity (Wildman–Crippen MR) is 70.3 cm³/mol. The van der Waals surface area contributed by atoms with Gasteiger partial charge in [-0.2, -0.15) is 0 Å². The summed E-state index contributed by atoms with van der Waals surface area (Å²) in [6.07, 6.45) is 13.5. The molecule has 0 radical (unpaired) electrons. The molecule has 2 rings (SSSR count). The zero-order chi connectivity index (χ0) is 12.1. The summed E-state index contributed by atoms with van der Waals surface area (Å²) >= 11 is 0. The van der Waals surface area contributed by atoms with Crippen LogP contribution in [0.25, 0.3) is 0 Å². The molecule has 0 aromatic heterocycles. The minimum absolute atomic E-state index is 0.118. The summed E-state index contributed by atoms with van der Waals surface area (Å²) in [5.74, 6) is 1.48. The smallest absolute Gasteiger partial charge is 0.149 e. The second kappa shape index (κ2) is 6.22. The van der Waals surface area contributed by atoms with Crippen LogP contribution < -0.4 is 5.73 Å². The first-order valence-corrected chi connectivity index (χ1v) is 6.68.